The number of rotatable bonds is 4. The lowest BCUT2D eigenvalue weighted by molar-refractivity contribution is -0.142. The standard InChI is InChI=1S/C10H14N2O4/c1-6(7(2)14)12(5-13)8-3-4-9(15)11-10(8)16/h5-6,8,14H,2-4H2,1H3,(H,11,15,16)/t6-,8?/m0/s1. The number of carbonyl (C=O) groups excluding carboxylic acids is 3. The number of amides is 3. The van der Waals surface area contributed by atoms with Crippen molar-refractivity contribution in [3.8, 4) is 0 Å². The lowest BCUT2D eigenvalue weighted by atomic mass is 10.0. The van der Waals surface area contributed by atoms with Gasteiger partial charge in [0.25, 0.3) is 0 Å². The predicted molar refractivity (Wildman–Crippen MR) is 55.3 cm³/mol. The lowest BCUT2D eigenvalue weighted by Gasteiger charge is -2.33. The average Bonchev–Trinajstić information content (AvgIpc) is 2.21. The minimum atomic E-state index is -0.728. The number of hydrogen-bond donors (Lipinski definition) is 2. The molecule has 0 aromatic carbocycles. The van der Waals surface area contributed by atoms with E-state index in [2.05, 4.69) is 11.9 Å². The second-order valence-corrected chi connectivity index (χ2v) is 3.69. The van der Waals surface area contributed by atoms with Crippen molar-refractivity contribution >= 4 is 18.2 Å². The topological polar surface area (TPSA) is 86.7 Å². The normalized spacial score (nSPS) is 22.2. The van der Waals surface area contributed by atoms with Gasteiger partial charge < -0.3 is 10.0 Å². The zero-order valence-corrected chi connectivity index (χ0v) is 8.97. The van der Waals surface area contributed by atoms with Crippen molar-refractivity contribution in [3.63, 3.8) is 0 Å². The number of nitrogens with zero attached hydrogens (tertiary/aromatic N) is 1. The zero-order chi connectivity index (χ0) is 12.3. The van der Waals surface area contributed by atoms with Crippen LogP contribution in [0.2, 0.25) is 0 Å². The van der Waals surface area contributed by atoms with Gasteiger partial charge in [-0.25, -0.2) is 0 Å². The number of carbonyl (C=O) groups is 3. The van der Waals surface area contributed by atoms with Gasteiger partial charge in [-0.05, 0) is 13.3 Å². The smallest absolute Gasteiger partial charge is 0.249 e. The third-order valence-corrected chi connectivity index (χ3v) is 2.62. The summed E-state index contributed by atoms with van der Waals surface area (Å²) in [5, 5.41) is 11.3. The first-order valence-corrected chi connectivity index (χ1v) is 4.91. The Labute approximate surface area is 92.9 Å². The fraction of sp³-hybridized carbons (Fsp3) is 0.500. The van der Waals surface area contributed by atoms with Crippen LogP contribution in [0.15, 0.2) is 12.3 Å². The molecular formula is C10H14N2O4. The Bertz CT molecular complexity index is 340. The van der Waals surface area contributed by atoms with Gasteiger partial charge in [0.2, 0.25) is 18.2 Å². The average molecular weight is 226 g/mol. The Balaban J connectivity index is 2.80. The maximum absolute atomic E-state index is 11.5. The van der Waals surface area contributed by atoms with E-state index in [0.29, 0.717) is 6.41 Å². The highest BCUT2D eigenvalue weighted by Gasteiger charge is 2.34. The van der Waals surface area contributed by atoms with Crippen molar-refractivity contribution in [2.45, 2.75) is 31.8 Å². The van der Waals surface area contributed by atoms with Crippen LogP contribution < -0.4 is 5.32 Å². The van der Waals surface area contributed by atoms with Crippen LogP contribution in [0.25, 0.3) is 0 Å². The van der Waals surface area contributed by atoms with Crippen LogP contribution in [0.5, 0.6) is 0 Å². The van der Waals surface area contributed by atoms with Gasteiger partial charge in [0, 0.05) is 6.42 Å². The second kappa shape index (κ2) is 4.78. The van der Waals surface area contributed by atoms with E-state index in [1.807, 2.05) is 0 Å². The summed E-state index contributed by atoms with van der Waals surface area (Å²) in [5.41, 5.74) is 0. The van der Waals surface area contributed by atoms with Crippen molar-refractivity contribution < 1.29 is 19.5 Å². The molecule has 2 N–H and O–H groups in total. The molecule has 6 nitrogen and oxygen atoms in total. The Kier molecular flexibility index (Phi) is 3.65. The number of nitrogens with one attached hydrogen (secondary N) is 1. The predicted octanol–water partition coefficient (Wildman–Crippen LogP) is -0.290. The van der Waals surface area contributed by atoms with Crippen LogP contribution in [0.4, 0.5) is 0 Å². The molecule has 1 aliphatic heterocycles. The molecular weight excluding hydrogens is 212 g/mol. The Morgan fingerprint density at radius 1 is 1.69 bits per heavy atom. The minimum Gasteiger partial charge on any atom is -0.511 e. The molecule has 16 heavy (non-hydrogen) atoms. The van der Waals surface area contributed by atoms with Crippen LogP contribution in [0, 0.1) is 0 Å². The summed E-state index contributed by atoms with van der Waals surface area (Å²) < 4.78 is 0. The quantitative estimate of drug-likeness (QED) is 0.392. The van der Waals surface area contributed by atoms with Crippen molar-refractivity contribution in [3.05, 3.63) is 12.3 Å². The summed E-state index contributed by atoms with van der Waals surface area (Å²) in [7, 11) is 0. The summed E-state index contributed by atoms with van der Waals surface area (Å²) in [4.78, 5) is 34.5. The molecule has 0 radical (unpaired) electrons. The molecule has 3 amide bonds. The first-order chi connectivity index (χ1) is 7.47. The fourth-order valence-electron chi connectivity index (χ4n) is 1.57. The van der Waals surface area contributed by atoms with Gasteiger partial charge in [-0.3, -0.25) is 19.7 Å². The van der Waals surface area contributed by atoms with Crippen LogP contribution in [0.1, 0.15) is 19.8 Å². The van der Waals surface area contributed by atoms with Gasteiger partial charge in [-0.15, -0.1) is 0 Å². The van der Waals surface area contributed by atoms with E-state index < -0.39 is 18.0 Å². The van der Waals surface area contributed by atoms with Gasteiger partial charge in [0.1, 0.15) is 11.8 Å². The van der Waals surface area contributed by atoms with Crippen molar-refractivity contribution in [2.24, 2.45) is 0 Å². The molecule has 0 bridgehead atoms. The fourth-order valence-corrected chi connectivity index (χ4v) is 1.57. The van der Waals surface area contributed by atoms with Crippen LogP contribution in [-0.4, -0.2) is 40.3 Å². The van der Waals surface area contributed by atoms with Crippen LogP contribution in [-0.2, 0) is 14.4 Å². The van der Waals surface area contributed by atoms with Gasteiger partial charge in [0.05, 0.1) is 6.04 Å². The largest absolute Gasteiger partial charge is 0.511 e. The van der Waals surface area contributed by atoms with Crippen LogP contribution >= 0.6 is 0 Å². The summed E-state index contributed by atoms with van der Waals surface area (Å²) in [6.45, 7) is 4.87. The summed E-state index contributed by atoms with van der Waals surface area (Å²) >= 11 is 0. The molecule has 88 valence electrons. The Hall–Kier alpha value is -1.85. The maximum Gasteiger partial charge on any atom is 0.249 e. The third-order valence-electron chi connectivity index (χ3n) is 2.62. The monoisotopic (exact) mass is 226 g/mol. The van der Waals surface area contributed by atoms with Crippen molar-refractivity contribution in [1.82, 2.24) is 10.2 Å². The zero-order valence-electron chi connectivity index (χ0n) is 8.97. The molecule has 0 saturated carbocycles. The van der Waals surface area contributed by atoms with Gasteiger partial charge in [-0.1, -0.05) is 6.58 Å². The highest BCUT2D eigenvalue weighted by atomic mass is 16.3. The second-order valence-electron chi connectivity index (χ2n) is 3.69. The van der Waals surface area contributed by atoms with E-state index in [1.165, 1.54) is 0 Å². The maximum atomic E-state index is 11.5. The van der Waals surface area contributed by atoms with E-state index in [-0.39, 0.29) is 24.5 Å². The molecule has 0 aliphatic carbocycles. The van der Waals surface area contributed by atoms with Crippen LogP contribution in [0.3, 0.4) is 0 Å². The lowest BCUT2D eigenvalue weighted by Crippen LogP contribution is -2.54. The highest BCUT2D eigenvalue weighted by Crippen LogP contribution is 2.16. The van der Waals surface area contributed by atoms with Crippen molar-refractivity contribution in [1.29, 1.82) is 0 Å². The first-order valence-electron chi connectivity index (χ1n) is 4.91. The van der Waals surface area contributed by atoms with Crippen molar-refractivity contribution in [2.75, 3.05) is 0 Å². The van der Waals surface area contributed by atoms with E-state index in [1.54, 1.807) is 6.92 Å². The molecule has 1 fully saturated rings. The number of piperidine rings is 1. The molecule has 1 saturated heterocycles. The number of aliphatic hydroxyl groups excluding tert-OH is 1. The Morgan fingerprint density at radius 3 is 2.75 bits per heavy atom. The molecule has 1 heterocycles. The highest BCUT2D eigenvalue weighted by molar-refractivity contribution is 6.00. The molecule has 1 rings (SSSR count). The number of aliphatic hydroxyl groups is 1. The summed E-state index contributed by atoms with van der Waals surface area (Å²) in [6.07, 6.45) is 0.929. The van der Waals surface area contributed by atoms with E-state index in [4.69, 9.17) is 0 Å². The van der Waals surface area contributed by atoms with E-state index in [9.17, 15) is 19.5 Å². The van der Waals surface area contributed by atoms with Gasteiger partial charge in [0.15, 0.2) is 0 Å². The molecule has 0 aromatic rings. The summed E-state index contributed by atoms with van der Waals surface area (Å²) in [6, 6.07) is -1.38. The molecule has 1 aliphatic rings. The Morgan fingerprint density at radius 2 is 2.31 bits per heavy atom. The molecule has 0 aromatic heterocycles. The molecule has 2 atom stereocenters. The molecule has 0 spiro atoms. The van der Waals surface area contributed by atoms with Gasteiger partial charge >= 0.3 is 0 Å². The number of hydrogen-bond acceptors (Lipinski definition) is 4. The summed E-state index contributed by atoms with van der Waals surface area (Å²) in [5.74, 6) is -1.06. The molecule has 6 heteroatoms. The van der Waals surface area contributed by atoms with Gasteiger partial charge in [-0.2, -0.15) is 0 Å². The first kappa shape index (κ1) is 12.2. The number of imide groups is 1. The third kappa shape index (κ3) is 2.39. The van der Waals surface area contributed by atoms with E-state index in [0.717, 1.165) is 4.90 Å². The molecule has 1 unspecified atom stereocenters. The minimum absolute atomic E-state index is 0.186. The van der Waals surface area contributed by atoms with E-state index >= 15 is 0 Å². The SMILES string of the molecule is C=C(O)[C@H](C)N(C=O)C1CCC(=O)NC1=O.